The van der Waals surface area contributed by atoms with Gasteiger partial charge in [0, 0.05) is 6.92 Å². The first-order chi connectivity index (χ1) is 9.85. The summed E-state index contributed by atoms with van der Waals surface area (Å²) in [6.45, 7) is 6.85. The fraction of sp³-hybridized carbons (Fsp3) is 0.786. The summed E-state index contributed by atoms with van der Waals surface area (Å²) in [5, 5.41) is 0. The number of piperidine rings is 1. The molecule has 1 fully saturated rings. The molecule has 0 spiro atoms. The van der Waals surface area contributed by atoms with Crippen molar-refractivity contribution >= 4 is 18.0 Å². The van der Waals surface area contributed by atoms with Crippen molar-refractivity contribution in [1.82, 2.24) is 4.90 Å². The summed E-state index contributed by atoms with van der Waals surface area (Å²) in [5.74, 6) is -0.869. The summed E-state index contributed by atoms with van der Waals surface area (Å²) in [5.41, 5.74) is 0. The normalized spacial score (nSPS) is 21.9. The molecule has 21 heavy (non-hydrogen) atoms. The van der Waals surface area contributed by atoms with Crippen LogP contribution in [0.1, 0.15) is 40.5 Å². The lowest BCUT2D eigenvalue weighted by Gasteiger charge is -2.37. The minimum absolute atomic E-state index is 0.134. The van der Waals surface area contributed by atoms with Crippen molar-refractivity contribution in [3.63, 3.8) is 0 Å². The molecule has 0 saturated carbocycles. The Hall–Kier alpha value is -1.79. The standard InChI is InChI=1S/C14H23NO6/c1-5-19-13(17)12-7-6-11(21-10(4)16)8-15(12)14(18)20-9(2)3/h9,11-12H,5-8H2,1-4H3/t11-,12+/m1/s1. The van der Waals surface area contributed by atoms with Gasteiger partial charge in [0.2, 0.25) is 0 Å². The van der Waals surface area contributed by atoms with Gasteiger partial charge >= 0.3 is 18.0 Å². The van der Waals surface area contributed by atoms with Gasteiger partial charge in [0.05, 0.1) is 19.3 Å². The lowest BCUT2D eigenvalue weighted by atomic mass is 10.0. The zero-order chi connectivity index (χ0) is 16.0. The number of carbonyl (C=O) groups is 3. The predicted octanol–water partition coefficient (Wildman–Crippen LogP) is 1.49. The second-order valence-corrected chi connectivity index (χ2v) is 5.16. The first-order valence-corrected chi connectivity index (χ1v) is 7.16. The number of likely N-dealkylation sites (tertiary alicyclic amines) is 1. The van der Waals surface area contributed by atoms with Crippen LogP contribution in [0.25, 0.3) is 0 Å². The van der Waals surface area contributed by atoms with Gasteiger partial charge in [0.15, 0.2) is 0 Å². The molecule has 0 aromatic heterocycles. The monoisotopic (exact) mass is 301 g/mol. The Morgan fingerprint density at radius 1 is 1.24 bits per heavy atom. The maximum Gasteiger partial charge on any atom is 0.410 e. The highest BCUT2D eigenvalue weighted by molar-refractivity contribution is 5.81. The molecule has 1 amide bonds. The van der Waals surface area contributed by atoms with Gasteiger partial charge in [-0.3, -0.25) is 9.69 Å². The van der Waals surface area contributed by atoms with Crippen LogP contribution in [0.5, 0.6) is 0 Å². The topological polar surface area (TPSA) is 82.1 Å². The van der Waals surface area contributed by atoms with Gasteiger partial charge in [0.1, 0.15) is 12.1 Å². The van der Waals surface area contributed by atoms with Crippen LogP contribution < -0.4 is 0 Å². The zero-order valence-corrected chi connectivity index (χ0v) is 13.0. The molecular weight excluding hydrogens is 278 g/mol. The number of ether oxygens (including phenoxy) is 3. The molecule has 2 atom stereocenters. The molecule has 0 aromatic carbocycles. The van der Waals surface area contributed by atoms with Gasteiger partial charge in [0.25, 0.3) is 0 Å². The summed E-state index contributed by atoms with van der Waals surface area (Å²) in [6.07, 6.45) is -0.430. The molecule has 0 aromatic rings. The van der Waals surface area contributed by atoms with E-state index in [4.69, 9.17) is 14.2 Å². The largest absolute Gasteiger partial charge is 0.464 e. The van der Waals surface area contributed by atoms with E-state index in [0.29, 0.717) is 12.8 Å². The number of amides is 1. The van der Waals surface area contributed by atoms with Crippen molar-refractivity contribution in [2.45, 2.75) is 58.8 Å². The molecule has 7 nitrogen and oxygen atoms in total. The van der Waals surface area contributed by atoms with Crippen molar-refractivity contribution in [2.24, 2.45) is 0 Å². The minimum Gasteiger partial charge on any atom is -0.464 e. The van der Waals surface area contributed by atoms with Crippen LogP contribution in [0.15, 0.2) is 0 Å². The molecule has 120 valence electrons. The fourth-order valence-corrected chi connectivity index (χ4v) is 2.22. The van der Waals surface area contributed by atoms with Gasteiger partial charge in [-0.05, 0) is 33.6 Å². The first kappa shape index (κ1) is 17.3. The van der Waals surface area contributed by atoms with Crippen LogP contribution in [-0.4, -0.2) is 54.3 Å². The van der Waals surface area contributed by atoms with E-state index in [9.17, 15) is 14.4 Å². The van der Waals surface area contributed by atoms with Crippen LogP contribution in [0.2, 0.25) is 0 Å². The van der Waals surface area contributed by atoms with Crippen molar-refractivity contribution in [1.29, 1.82) is 0 Å². The smallest absolute Gasteiger partial charge is 0.410 e. The number of nitrogens with zero attached hydrogens (tertiary/aromatic N) is 1. The number of hydrogen-bond donors (Lipinski definition) is 0. The molecule has 1 heterocycles. The highest BCUT2D eigenvalue weighted by Crippen LogP contribution is 2.22. The third-order valence-corrected chi connectivity index (χ3v) is 3.00. The maximum atomic E-state index is 12.1. The maximum absolute atomic E-state index is 12.1. The van der Waals surface area contributed by atoms with E-state index >= 15 is 0 Å². The Morgan fingerprint density at radius 2 is 1.90 bits per heavy atom. The van der Waals surface area contributed by atoms with Crippen LogP contribution in [0.3, 0.4) is 0 Å². The minimum atomic E-state index is -0.692. The van der Waals surface area contributed by atoms with Gasteiger partial charge in [-0.15, -0.1) is 0 Å². The van der Waals surface area contributed by atoms with Crippen molar-refractivity contribution < 1.29 is 28.6 Å². The van der Waals surface area contributed by atoms with Crippen LogP contribution >= 0.6 is 0 Å². The Morgan fingerprint density at radius 3 is 2.43 bits per heavy atom. The zero-order valence-electron chi connectivity index (χ0n) is 13.0. The van der Waals surface area contributed by atoms with E-state index in [1.807, 2.05) is 0 Å². The summed E-state index contributed by atoms with van der Waals surface area (Å²) >= 11 is 0. The predicted molar refractivity (Wildman–Crippen MR) is 73.5 cm³/mol. The molecule has 0 radical (unpaired) electrons. The van der Waals surface area contributed by atoms with E-state index in [-0.39, 0.29) is 19.3 Å². The molecule has 1 saturated heterocycles. The van der Waals surface area contributed by atoms with Gasteiger partial charge in [-0.1, -0.05) is 0 Å². The molecule has 1 aliphatic heterocycles. The highest BCUT2D eigenvalue weighted by atomic mass is 16.6. The van der Waals surface area contributed by atoms with E-state index in [1.54, 1.807) is 20.8 Å². The van der Waals surface area contributed by atoms with Crippen molar-refractivity contribution in [3.05, 3.63) is 0 Å². The lowest BCUT2D eigenvalue weighted by molar-refractivity contribution is -0.156. The Kier molecular flexibility index (Phi) is 6.45. The average Bonchev–Trinajstić information content (AvgIpc) is 2.37. The number of carbonyl (C=O) groups excluding carboxylic acids is 3. The molecule has 7 heteroatoms. The lowest BCUT2D eigenvalue weighted by Crippen LogP contribution is -2.53. The number of esters is 2. The summed E-state index contributed by atoms with van der Waals surface area (Å²) < 4.78 is 15.3. The Labute approximate surface area is 124 Å². The Balaban J connectivity index is 2.80. The molecule has 1 rings (SSSR count). The second kappa shape index (κ2) is 7.85. The number of rotatable bonds is 4. The van der Waals surface area contributed by atoms with Crippen molar-refractivity contribution in [2.75, 3.05) is 13.2 Å². The quantitative estimate of drug-likeness (QED) is 0.578. The van der Waals surface area contributed by atoms with Gasteiger partial charge in [-0.2, -0.15) is 0 Å². The van der Waals surface area contributed by atoms with Gasteiger partial charge in [-0.25, -0.2) is 9.59 Å². The van der Waals surface area contributed by atoms with Gasteiger partial charge < -0.3 is 14.2 Å². The molecular formula is C14H23NO6. The summed E-state index contributed by atoms with van der Waals surface area (Å²) in [4.78, 5) is 36.4. The van der Waals surface area contributed by atoms with E-state index in [0.717, 1.165) is 0 Å². The fourth-order valence-electron chi connectivity index (χ4n) is 2.22. The highest BCUT2D eigenvalue weighted by Gasteiger charge is 2.39. The molecule has 0 unspecified atom stereocenters. The first-order valence-electron chi connectivity index (χ1n) is 7.16. The molecule has 0 N–H and O–H groups in total. The SMILES string of the molecule is CCOC(=O)[C@@H]1CC[C@@H](OC(C)=O)CN1C(=O)OC(C)C. The number of hydrogen-bond acceptors (Lipinski definition) is 6. The second-order valence-electron chi connectivity index (χ2n) is 5.16. The summed E-state index contributed by atoms with van der Waals surface area (Å²) in [6, 6.07) is -0.692. The van der Waals surface area contributed by atoms with Crippen LogP contribution in [-0.2, 0) is 23.8 Å². The van der Waals surface area contributed by atoms with Crippen molar-refractivity contribution in [3.8, 4) is 0 Å². The van der Waals surface area contributed by atoms with Crippen LogP contribution in [0.4, 0.5) is 4.79 Å². The molecule has 1 aliphatic rings. The van der Waals surface area contributed by atoms with E-state index < -0.39 is 30.2 Å². The van der Waals surface area contributed by atoms with Crippen LogP contribution in [0, 0.1) is 0 Å². The van der Waals surface area contributed by atoms with E-state index in [2.05, 4.69) is 0 Å². The molecule has 0 bridgehead atoms. The Bertz CT molecular complexity index is 395. The average molecular weight is 301 g/mol. The summed E-state index contributed by atoms with van der Waals surface area (Å²) in [7, 11) is 0. The molecule has 0 aliphatic carbocycles. The van der Waals surface area contributed by atoms with E-state index in [1.165, 1.54) is 11.8 Å². The third-order valence-electron chi connectivity index (χ3n) is 3.00. The third kappa shape index (κ3) is 5.24.